The predicted octanol–water partition coefficient (Wildman–Crippen LogP) is 1.87. The van der Waals surface area contributed by atoms with Crippen LogP contribution in [0.1, 0.15) is 55.8 Å². The normalized spacial score (nSPS) is 12.5. The van der Waals surface area contributed by atoms with Gasteiger partial charge in [-0.1, -0.05) is 27.2 Å². The van der Waals surface area contributed by atoms with E-state index in [1.807, 2.05) is 20.8 Å². The first-order chi connectivity index (χ1) is 8.95. The molecule has 1 rings (SSSR count). The van der Waals surface area contributed by atoms with E-state index in [-0.39, 0.29) is 11.6 Å². The summed E-state index contributed by atoms with van der Waals surface area (Å²) in [6.45, 7) is 6.07. The lowest BCUT2D eigenvalue weighted by Crippen LogP contribution is -2.21. The topological polar surface area (TPSA) is 95.3 Å². The summed E-state index contributed by atoms with van der Waals surface area (Å²) < 4.78 is 0. The molecule has 0 aliphatic carbocycles. The molecule has 0 spiro atoms. The first-order valence-electron chi connectivity index (χ1n) is 6.47. The number of rotatable bonds is 7. The number of anilines is 1. The zero-order chi connectivity index (χ0) is 14.4. The van der Waals surface area contributed by atoms with E-state index in [9.17, 15) is 9.90 Å². The molecule has 6 nitrogen and oxygen atoms in total. The first-order valence-corrected chi connectivity index (χ1v) is 6.47. The molecule has 1 heterocycles. The molecule has 0 saturated carbocycles. The Morgan fingerprint density at radius 1 is 1.47 bits per heavy atom. The van der Waals surface area contributed by atoms with Crippen molar-refractivity contribution in [3.8, 4) is 0 Å². The average molecular weight is 267 g/mol. The monoisotopic (exact) mass is 267 g/mol. The van der Waals surface area contributed by atoms with Gasteiger partial charge in [0, 0.05) is 12.5 Å². The molecule has 0 saturated heterocycles. The van der Waals surface area contributed by atoms with E-state index in [0.717, 1.165) is 6.42 Å². The van der Waals surface area contributed by atoms with Crippen molar-refractivity contribution < 1.29 is 15.0 Å². The number of carbonyl (C=O) groups is 1. The van der Waals surface area contributed by atoms with Gasteiger partial charge in [-0.15, -0.1) is 0 Å². The molecular weight excluding hydrogens is 246 g/mol. The second-order valence-electron chi connectivity index (χ2n) is 4.77. The molecule has 1 atom stereocenters. The third kappa shape index (κ3) is 4.48. The van der Waals surface area contributed by atoms with Crippen molar-refractivity contribution >= 4 is 11.7 Å². The maximum Gasteiger partial charge on any atom is 0.356 e. The average Bonchev–Trinajstić information content (AvgIpc) is 2.36. The summed E-state index contributed by atoms with van der Waals surface area (Å²) in [5.74, 6) is -0.535. The third-order valence-corrected chi connectivity index (χ3v) is 2.68. The van der Waals surface area contributed by atoms with Crippen molar-refractivity contribution in [2.45, 2.75) is 45.6 Å². The predicted molar refractivity (Wildman–Crippen MR) is 72.5 cm³/mol. The lowest BCUT2D eigenvalue weighted by molar-refractivity contribution is 0.0690. The standard InChI is InChI=1S/C13H21N3O3/c1-4-5-9(17)6-14-10-7-15-12(8(2)3)16-11(10)13(18)19/h7-9,14,17H,4-6H2,1-3H3,(H,18,19). The Balaban J connectivity index is 2.85. The molecule has 1 unspecified atom stereocenters. The highest BCUT2D eigenvalue weighted by molar-refractivity contribution is 5.91. The van der Waals surface area contributed by atoms with Gasteiger partial charge in [-0.05, 0) is 6.42 Å². The fourth-order valence-electron chi connectivity index (χ4n) is 1.63. The summed E-state index contributed by atoms with van der Waals surface area (Å²) >= 11 is 0. The Kier molecular flexibility index (Phi) is 5.69. The van der Waals surface area contributed by atoms with E-state index in [1.54, 1.807) is 0 Å². The quantitative estimate of drug-likeness (QED) is 0.698. The highest BCUT2D eigenvalue weighted by Crippen LogP contribution is 2.16. The molecule has 106 valence electrons. The van der Waals surface area contributed by atoms with Gasteiger partial charge in [0.2, 0.25) is 0 Å². The number of aliphatic hydroxyl groups is 1. The molecule has 0 amide bonds. The number of nitrogens with one attached hydrogen (secondary N) is 1. The van der Waals surface area contributed by atoms with Crippen LogP contribution in [0.3, 0.4) is 0 Å². The molecule has 0 radical (unpaired) electrons. The molecule has 0 aliphatic rings. The van der Waals surface area contributed by atoms with Crippen LogP contribution in [0.4, 0.5) is 5.69 Å². The van der Waals surface area contributed by atoms with Crippen molar-refractivity contribution in [3.63, 3.8) is 0 Å². The van der Waals surface area contributed by atoms with Crippen LogP contribution in [0.15, 0.2) is 6.20 Å². The van der Waals surface area contributed by atoms with Crippen LogP contribution in [-0.2, 0) is 0 Å². The van der Waals surface area contributed by atoms with E-state index in [1.165, 1.54) is 6.20 Å². The molecule has 1 aromatic rings. The molecule has 0 bridgehead atoms. The van der Waals surface area contributed by atoms with Crippen molar-refractivity contribution in [2.24, 2.45) is 0 Å². The lowest BCUT2D eigenvalue weighted by Gasteiger charge is -2.14. The van der Waals surface area contributed by atoms with Gasteiger partial charge in [-0.3, -0.25) is 0 Å². The number of hydrogen-bond donors (Lipinski definition) is 3. The largest absolute Gasteiger partial charge is 0.476 e. The smallest absolute Gasteiger partial charge is 0.356 e. The fourth-order valence-corrected chi connectivity index (χ4v) is 1.63. The Morgan fingerprint density at radius 2 is 2.16 bits per heavy atom. The minimum Gasteiger partial charge on any atom is -0.476 e. The summed E-state index contributed by atoms with van der Waals surface area (Å²) in [5.41, 5.74) is 0.287. The second-order valence-corrected chi connectivity index (χ2v) is 4.77. The van der Waals surface area contributed by atoms with Gasteiger partial charge in [0.05, 0.1) is 18.0 Å². The number of carboxylic acid groups (broad SMARTS) is 1. The SMILES string of the molecule is CCCC(O)CNc1cnc(C(C)C)nc1C(=O)O. The van der Waals surface area contributed by atoms with Gasteiger partial charge in [0.1, 0.15) is 5.82 Å². The Morgan fingerprint density at radius 3 is 2.68 bits per heavy atom. The molecule has 0 aliphatic heterocycles. The number of hydrogen-bond acceptors (Lipinski definition) is 5. The van der Waals surface area contributed by atoms with Crippen LogP contribution >= 0.6 is 0 Å². The molecular formula is C13H21N3O3. The van der Waals surface area contributed by atoms with Gasteiger partial charge < -0.3 is 15.5 Å². The number of carboxylic acids is 1. The van der Waals surface area contributed by atoms with E-state index in [4.69, 9.17) is 5.11 Å². The van der Waals surface area contributed by atoms with Gasteiger partial charge in [-0.2, -0.15) is 0 Å². The Bertz CT molecular complexity index is 435. The van der Waals surface area contributed by atoms with E-state index in [2.05, 4.69) is 15.3 Å². The maximum absolute atomic E-state index is 11.2. The van der Waals surface area contributed by atoms with Crippen LogP contribution < -0.4 is 5.32 Å². The molecule has 6 heteroatoms. The van der Waals surface area contributed by atoms with E-state index in [0.29, 0.717) is 24.5 Å². The Labute approximate surface area is 112 Å². The first kappa shape index (κ1) is 15.4. The highest BCUT2D eigenvalue weighted by atomic mass is 16.4. The van der Waals surface area contributed by atoms with Crippen LogP contribution in [-0.4, -0.2) is 38.8 Å². The lowest BCUT2D eigenvalue weighted by atomic mass is 10.2. The van der Waals surface area contributed by atoms with Gasteiger partial charge in [0.15, 0.2) is 5.69 Å². The summed E-state index contributed by atoms with van der Waals surface area (Å²) in [7, 11) is 0. The fraction of sp³-hybridized carbons (Fsp3) is 0.615. The maximum atomic E-state index is 11.2. The van der Waals surface area contributed by atoms with Crippen LogP contribution in [0, 0.1) is 0 Å². The third-order valence-electron chi connectivity index (χ3n) is 2.68. The number of nitrogens with zero attached hydrogens (tertiary/aromatic N) is 2. The summed E-state index contributed by atoms with van der Waals surface area (Å²) in [6.07, 6.45) is 2.50. The van der Waals surface area contributed by atoms with Crippen molar-refractivity contribution in [2.75, 3.05) is 11.9 Å². The Hall–Kier alpha value is -1.69. The minimum absolute atomic E-state index is 0.0533. The number of aliphatic hydroxyl groups excluding tert-OH is 1. The van der Waals surface area contributed by atoms with Crippen LogP contribution in [0.5, 0.6) is 0 Å². The molecule has 1 aromatic heterocycles. The number of aromatic carboxylic acids is 1. The van der Waals surface area contributed by atoms with Gasteiger partial charge in [0.25, 0.3) is 0 Å². The molecule has 19 heavy (non-hydrogen) atoms. The van der Waals surface area contributed by atoms with Crippen molar-refractivity contribution in [1.82, 2.24) is 9.97 Å². The zero-order valence-electron chi connectivity index (χ0n) is 11.6. The summed E-state index contributed by atoms with van der Waals surface area (Å²) in [4.78, 5) is 19.3. The van der Waals surface area contributed by atoms with Crippen molar-refractivity contribution in [3.05, 3.63) is 17.7 Å². The molecule has 0 aromatic carbocycles. The summed E-state index contributed by atoms with van der Waals surface area (Å²) in [5, 5.41) is 21.7. The van der Waals surface area contributed by atoms with Gasteiger partial charge in [-0.25, -0.2) is 14.8 Å². The van der Waals surface area contributed by atoms with Crippen molar-refractivity contribution in [1.29, 1.82) is 0 Å². The highest BCUT2D eigenvalue weighted by Gasteiger charge is 2.16. The molecule has 3 N–H and O–H groups in total. The van der Waals surface area contributed by atoms with Crippen LogP contribution in [0.25, 0.3) is 0 Å². The molecule has 0 fully saturated rings. The minimum atomic E-state index is -1.10. The van der Waals surface area contributed by atoms with Crippen LogP contribution in [0.2, 0.25) is 0 Å². The number of aromatic nitrogens is 2. The summed E-state index contributed by atoms with van der Waals surface area (Å²) in [6, 6.07) is 0. The van der Waals surface area contributed by atoms with E-state index < -0.39 is 12.1 Å². The van der Waals surface area contributed by atoms with Gasteiger partial charge >= 0.3 is 5.97 Å². The zero-order valence-corrected chi connectivity index (χ0v) is 11.6. The van der Waals surface area contributed by atoms with E-state index >= 15 is 0 Å². The second kappa shape index (κ2) is 7.04.